The van der Waals surface area contributed by atoms with Gasteiger partial charge in [0, 0.05) is 24.8 Å². The maximum Gasteiger partial charge on any atom is 0.326 e. The number of hydrogen-bond donors (Lipinski definition) is 1. The number of carbonyl (C=O) groups is 4. The molecule has 7 nitrogen and oxygen atoms in total. The molecule has 0 radical (unpaired) electrons. The summed E-state index contributed by atoms with van der Waals surface area (Å²) in [6.45, 7) is 5.12. The summed E-state index contributed by atoms with van der Waals surface area (Å²) in [6, 6.07) is -0.766. The predicted octanol–water partition coefficient (Wildman–Crippen LogP) is 4.29. The Hall–Kier alpha value is -2.18. The summed E-state index contributed by atoms with van der Waals surface area (Å²) >= 11 is 0. The number of esters is 1. The van der Waals surface area contributed by atoms with Crippen LogP contribution in [-0.4, -0.2) is 52.3 Å². The molecule has 192 valence electrons. The first-order valence-electron chi connectivity index (χ1n) is 13.6. The number of hydrogen-bond acceptors (Lipinski definition) is 5. The van der Waals surface area contributed by atoms with E-state index in [9.17, 15) is 24.3 Å². The fourth-order valence-electron chi connectivity index (χ4n) is 8.60. The summed E-state index contributed by atoms with van der Waals surface area (Å²) in [6.07, 6.45) is 10.8. The van der Waals surface area contributed by atoms with E-state index in [1.807, 2.05) is 6.08 Å². The molecule has 7 atom stereocenters. The van der Waals surface area contributed by atoms with Gasteiger partial charge in [-0.15, -0.1) is 0 Å². The summed E-state index contributed by atoms with van der Waals surface area (Å²) in [4.78, 5) is 50.1. The molecule has 4 fully saturated rings. The summed E-state index contributed by atoms with van der Waals surface area (Å²) in [5.41, 5.74) is 1.47. The number of nitrogens with zero attached hydrogens (tertiary/aromatic N) is 1. The molecule has 4 aliphatic carbocycles. The van der Waals surface area contributed by atoms with Gasteiger partial charge in [0.2, 0.25) is 5.91 Å². The lowest BCUT2D eigenvalue weighted by atomic mass is 9.47. The van der Waals surface area contributed by atoms with Crippen LogP contribution in [0.15, 0.2) is 11.6 Å². The van der Waals surface area contributed by atoms with Crippen molar-refractivity contribution in [3.8, 4) is 0 Å². The number of ketones is 1. The first-order chi connectivity index (χ1) is 16.6. The van der Waals surface area contributed by atoms with Crippen molar-refractivity contribution in [3.05, 3.63) is 11.6 Å². The van der Waals surface area contributed by atoms with Crippen LogP contribution >= 0.6 is 0 Å². The molecular formula is C28H39NO6. The van der Waals surface area contributed by atoms with Crippen molar-refractivity contribution in [1.29, 1.82) is 0 Å². The SMILES string of the molecule is C[C@@]12CC[C@H]3[C@H](CCC4=CC(=O)CC[C@]43C)[C@@H]1CC[C@@H]2OC(=O)CCC(=O)N1CCC[C@@H]1C(=O)O. The fraction of sp³-hybridized carbons (Fsp3) is 0.786. The van der Waals surface area contributed by atoms with E-state index >= 15 is 0 Å². The number of aliphatic carboxylic acids is 1. The Morgan fingerprint density at radius 2 is 1.83 bits per heavy atom. The van der Waals surface area contributed by atoms with Gasteiger partial charge in [-0.25, -0.2) is 4.79 Å². The van der Waals surface area contributed by atoms with Gasteiger partial charge in [-0.2, -0.15) is 0 Å². The predicted molar refractivity (Wildman–Crippen MR) is 128 cm³/mol. The number of carboxylic acids is 1. The Morgan fingerprint density at radius 3 is 2.60 bits per heavy atom. The van der Waals surface area contributed by atoms with E-state index in [1.165, 1.54) is 10.5 Å². The zero-order chi connectivity index (χ0) is 25.0. The number of likely N-dealkylation sites (tertiary alicyclic amines) is 1. The van der Waals surface area contributed by atoms with Crippen molar-refractivity contribution in [3.63, 3.8) is 0 Å². The van der Waals surface area contributed by atoms with E-state index in [0.717, 1.165) is 44.9 Å². The van der Waals surface area contributed by atoms with Crippen molar-refractivity contribution in [2.45, 2.75) is 103 Å². The van der Waals surface area contributed by atoms with E-state index < -0.39 is 12.0 Å². The maximum absolute atomic E-state index is 12.8. The van der Waals surface area contributed by atoms with Crippen LogP contribution in [0.2, 0.25) is 0 Å². The Bertz CT molecular complexity index is 957. The van der Waals surface area contributed by atoms with Gasteiger partial charge in [0.15, 0.2) is 5.78 Å². The second-order valence-electron chi connectivity index (χ2n) is 12.2. The Morgan fingerprint density at radius 1 is 1.03 bits per heavy atom. The van der Waals surface area contributed by atoms with Crippen LogP contribution < -0.4 is 0 Å². The Kier molecular flexibility index (Phi) is 6.33. The normalized spacial score (nSPS) is 40.4. The van der Waals surface area contributed by atoms with Gasteiger partial charge in [-0.05, 0) is 87.0 Å². The molecule has 5 aliphatic rings. The molecule has 0 unspecified atom stereocenters. The van der Waals surface area contributed by atoms with Crippen LogP contribution in [0.3, 0.4) is 0 Å². The van der Waals surface area contributed by atoms with Crippen molar-refractivity contribution < 1.29 is 29.0 Å². The molecule has 0 aromatic rings. The van der Waals surface area contributed by atoms with E-state index in [2.05, 4.69) is 13.8 Å². The quantitative estimate of drug-likeness (QED) is 0.583. The number of carbonyl (C=O) groups excluding carboxylic acids is 3. The second-order valence-corrected chi connectivity index (χ2v) is 12.2. The molecule has 1 aliphatic heterocycles. The van der Waals surface area contributed by atoms with Gasteiger partial charge in [0.05, 0.1) is 6.42 Å². The molecule has 35 heavy (non-hydrogen) atoms. The molecule has 1 saturated heterocycles. The van der Waals surface area contributed by atoms with Gasteiger partial charge < -0.3 is 14.7 Å². The molecule has 1 heterocycles. The first-order valence-corrected chi connectivity index (χ1v) is 13.6. The van der Waals surface area contributed by atoms with Crippen molar-refractivity contribution >= 4 is 23.6 Å². The van der Waals surface area contributed by atoms with Crippen LogP contribution in [0.4, 0.5) is 0 Å². The molecular weight excluding hydrogens is 446 g/mol. The van der Waals surface area contributed by atoms with Gasteiger partial charge in [-0.3, -0.25) is 14.4 Å². The molecule has 0 spiro atoms. The van der Waals surface area contributed by atoms with E-state index in [-0.39, 0.29) is 47.4 Å². The standard InChI is InChI=1S/C28H39NO6/c1-27-13-11-18(30)16-17(27)5-6-19-20-7-8-23(28(20,2)14-12-21(19)27)35-25(32)10-9-24(31)29-15-3-4-22(29)26(33)34/h16,19-23H,3-15H2,1-2H3,(H,33,34)/t19-,20+,21+,22-,23+,27-,28-/m1/s1. The molecule has 0 aromatic carbocycles. The Balaban J connectivity index is 1.20. The molecule has 0 aromatic heterocycles. The second kappa shape index (κ2) is 9.04. The first kappa shape index (κ1) is 24.5. The molecule has 1 amide bonds. The van der Waals surface area contributed by atoms with Crippen LogP contribution in [-0.2, 0) is 23.9 Å². The lowest BCUT2D eigenvalue weighted by Gasteiger charge is -2.57. The summed E-state index contributed by atoms with van der Waals surface area (Å²) in [7, 11) is 0. The minimum absolute atomic E-state index is 0.00519. The summed E-state index contributed by atoms with van der Waals surface area (Å²) < 4.78 is 6.01. The monoisotopic (exact) mass is 485 g/mol. The van der Waals surface area contributed by atoms with Crippen molar-refractivity contribution in [2.75, 3.05) is 6.54 Å². The van der Waals surface area contributed by atoms with E-state index in [0.29, 0.717) is 43.6 Å². The highest BCUT2D eigenvalue weighted by Crippen LogP contribution is 2.65. The number of carboxylic acid groups (broad SMARTS) is 1. The average molecular weight is 486 g/mol. The lowest BCUT2D eigenvalue weighted by molar-refractivity contribution is -0.161. The van der Waals surface area contributed by atoms with Crippen LogP contribution in [0.1, 0.15) is 90.9 Å². The molecule has 0 bridgehead atoms. The van der Waals surface area contributed by atoms with Gasteiger partial charge in [0.1, 0.15) is 12.1 Å². The Labute approximate surface area is 207 Å². The largest absolute Gasteiger partial charge is 0.480 e. The van der Waals surface area contributed by atoms with Gasteiger partial charge in [0.25, 0.3) is 0 Å². The average Bonchev–Trinajstić information content (AvgIpc) is 3.43. The number of fused-ring (bicyclic) bond motifs is 5. The van der Waals surface area contributed by atoms with Crippen LogP contribution in [0.25, 0.3) is 0 Å². The molecule has 3 saturated carbocycles. The van der Waals surface area contributed by atoms with Crippen LogP contribution in [0.5, 0.6) is 0 Å². The minimum Gasteiger partial charge on any atom is -0.480 e. The van der Waals surface area contributed by atoms with E-state index in [1.54, 1.807) is 0 Å². The zero-order valence-corrected chi connectivity index (χ0v) is 21.1. The molecule has 7 heteroatoms. The van der Waals surface area contributed by atoms with Gasteiger partial charge >= 0.3 is 11.9 Å². The maximum atomic E-state index is 12.8. The summed E-state index contributed by atoms with van der Waals surface area (Å²) in [5, 5.41) is 9.31. The highest BCUT2D eigenvalue weighted by molar-refractivity contribution is 5.91. The topological polar surface area (TPSA) is 101 Å². The highest BCUT2D eigenvalue weighted by atomic mass is 16.5. The number of rotatable bonds is 5. The number of allylic oxidation sites excluding steroid dienone is 1. The highest BCUT2D eigenvalue weighted by Gasteiger charge is 2.60. The zero-order valence-electron chi connectivity index (χ0n) is 21.1. The molecule has 5 rings (SSSR count). The minimum atomic E-state index is -0.974. The smallest absolute Gasteiger partial charge is 0.326 e. The number of amides is 1. The third kappa shape index (κ3) is 4.13. The van der Waals surface area contributed by atoms with Crippen molar-refractivity contribution in [1.82, 2.24) is 4.90 Å². The lowest BCUT2D eigenvalue weighted by Crippen LogP contribution is -2.51. The number of ether oxygens (including phenoxy) is 1. The van der Waals surface area contributed by atoms with E-state index in [4.69, 9.17) is 4.74 Å². The fourth-order valence-corrected chi connectivity index (χ4v) is 8.60. The van der Waals surface area contributed by atoms with Crippen LogP contribution in [0, 0.1) is 28.6 Å². The summed E-state index contributed by atoms with van der Waals surface area (Å²) in [5.74, 6) is 0.431. The third-order valence-electron chi connectivity index (χ3n) is 10.5. The molecule has 1 N–H and O–H groups in total. The van der Waals surface area contributed by atoms with Crippen molar-refractivity contribution in [2.24, 2.45) is 28.6 Å². The third-order valence-corrected chi connectivity index (χ3v) is 10.5. The van der Waals surface area contributed by atoms with Gasteiger partial charge in [-0.1, -0.05) is 19.4 Å².